The van der Waals surface area contributed by atoms with Crippen molar-refractivity contribution in [3.63, 3.8) is 0 Å². The molecule has 3 rings (SSSR count). The molecule has 0 aromatic heterocycles. The highest BCUT2D eigenvalue weighted by Gasteiger charge is 2.26. The van der Waals surface area contributed by atoms with Crippen LogP contribution in [0.3, 0.4) is 0 Å². The number of ether oxygens (including phenoxy) is 2. The summed E-state index contributed by atoms with van der Waals surface area (Å²) in [5.74, 6) is 1.15. The van der Waals surface area contributed by atoms with Gasteiger partial charge in [-0.05, 0) is 42.3 Å². The summed E-state index contributed by atoms with van der Waals surface area (Å²) in [5.41, 5.74) is 7.03. The molecule has 5 heteroatoms. The highest BCUT2D eigenvalue weighted by molar-refractivity contribution is 9.10. The SMILES string of the molecule is NC(Cc1cc(F)cc(Br)c1)C1COc2ccccc2O1. The van der Waals surface area contributed by atoms with Gasteiger partial charge in [0.05, 0.1) is 0 Å². The third kappa shape index (κ3) is 3.36. The van der Waals surface area contributed by atoms with Crippen LogP contribution < -0.4 is 15.2 Å². The van der Waals surface area contributed by atoms with Crippen LogP contribution in [-0.4, -0.2) is 18.8 Å². The summed E-state index contributed by atoms with van der Waals surface area (Å²) in [4.78, 5) is 0. The van der Waals surface area contributed by atoms with Crippen LogP contribution in [0.15, 0.2) is 46.9 Å². The molecule has 0 bridgehead atoms. The van der Waals surface area contributed by atoms with Crippen LogP contribution in [0.1, 0.15) is 5.56 Å². The van der Waals surface area contributed by atoms with Crippen molar-refractivity contribution in [1.29, 1.82) is 0 Å². The molecule has 0 spiro atoms. The quantitative estimate of drug-likeness (QED) is 0.922. The summed E-state index contributed by atoms with van der Waals surface area (Å²) in [7, 11) is 0. The van der Waals surface area contributed by atoms with Crippen molar-refractivity contribution in [3.05, 3.63) is 58.3 Å². The first kappa shape index (κ1) is 14.4. The Labute approximate surface area is 131 Å². The number of halogens is 2. The van der Waals surface area contributed by atoms with Gasteiger partial charge in [-0.3, -0.25) is 0 Å². The zero-order valence-electron chi connectivity index (χ0n) is 11.3. The first-order valence-corrected chi connectivity index (χ1v) is 7.50. The fourth-order valence-electron chi connectivity index (χ4n) is 2.38. The van der Waals surface area contributed by atoms with Gasteiger partial charge in [-0.1, -0.05) is 28.1 Å². The number of benzene rings is 2. The zero-order valence-corrected chi connectivity index (χ0v) is 12.8. The Hall–Kier alpha value is -1.59. The standard InChI is InChI=1S/C16H15BrFNO2/c17-11-5-10(6-12(18)8-11)7-13(19)16-9-20-14-3-1-2-4-15(14)21-16/h1-6,8,13,16H,7,9,19H2. The molecule has 0 saturated heterocycles. The zero-order chi connectivity index (χ0) is 14.8. The molecule has 2 N–H and O–H groups in total. The second-order valence-corrected chi connectivity index (χ2v) is 5.98. The maximum Gasteiger partial charge on any atom is 0.161 e. The number of hydrogen-bond donors (Lipinski definition) is 1. The van der Waals surface area contributed by atoms with Crippen LogP contribution in [0.25, 0.3) is 0 Å². The molecule has 2 unspecified atom stereocenters. The molecule has 0 aliphatic carbocycles. The Morgan fingerprint density at radius 1 is 1.24 bits per heavy atom. The van der Waals surface area contributed by atoms with Crippen molar-refractivity contribution >= 4 is 15.9 Å². The molecule has 1 heterocycles. The molecule has 110 valence electrons. The lowest BCUT2D eigenvalue weighted by Gasteiger charge is -2.30. The summed E-state index contributed by atoms with van der Waals surface area (Å²) < 4.78 is 25.6. The molecule has 1 aliphatic heterocycles. The molecule has 2 aromatic carbocycles. The van der Waals surface area contributed by atoms with Gasteiger partial charge in [0.2, 0.25) is 0 Å². The Bertz CT molecular complexity index is 630. The van der Waals surface area contributed by atoms with E-state index in [2.05, 4.69) is 15.9 Å². The van der Waals surface area contributed by atoms with Crippen LogP contribution in [0.2, 0.25) is 0 Å². The van der Waals surface area contributed by atoms with E-state index in [0.29, 0.717) is 23.2 Å². The number of fused-ring (bicyclic) bond motifs is 1. The van der Waals surface area contributed by atoms with E-state index in [4.69, 9.17) is 15.2 Å². The smallest absolute Gasteiger partial charge is 0.161 e. The predicted molar refractivity (Wildman–Crippen MR) is 82.1 cm³/mol. The highest BCUT2D eigenvalue weighted by atomic mass is 79.9. The summed E-state index contributed by atoms with van der Waals surface area (Å²) in [6.07, 6.45) is 0.272. The largest absolute Gasteiger partial charge is 0.486 e. The second-order valence-electron chi connectivity index (χ2n) is 5.06. The number of para-hydroxylation sites is 2. The molecule has 0 saturated carbocycles. The topological polar surface area (TPSA) is 44.5 Å². The number of rotatable bonds is 3. The predicted octanol–water partition coefficient (Wildman–Crippen LogP) is 3.30. The first-order chi connectivity index (χ1) is 10.1. The van der Waals surface area contributed by atoms with E-state index in [0.717, 1.165) is 11.3 Å². The minimum Gasteiger partial charge on any atom is -0.486 e. The van der Waals surface area contributed by atoms with Crippen LogP contribution in [0.4, 0.5) is 4.39 Å². The Kier molecular flexibility index (Phi) is 4.12. The van der Waals surface area contributed by atoms with Crippen molar-refractivity contribution in [2.45, 2.75) is 18.6 Å². The summed E-state index contributed by atoms with van der Waals surface area (Å²) in [5, 5.41) is 0. The lowest BCUT2D eigenvalue weighted by atomic mass is 10.0. The lowest BCUT2D eigenvalue weighted by Crippen LogP contribution is -2.46. The van der Waals surface area contributed by atoms with Gasteiger partial charge in [0.1, 0.15) is 18.5 Å². The van der Waals surface area contributed by atoms with Crippen LogP contribution in [0, 0.1) is 5.82 Å². The number of hydrogen-bond acceptors (Lipinski definition) is 3. The van der Waals surface area contributed by atoms with E-state index in [9.17, 15) is 4.39 Å². The van der Waals surface area contributed by atoms with E-state index in [1.165, 1.54) is 12.1 Å². The molecule has 2 atom stereocenters. The average Bonchev–Trinajstić information content (AvgIpc) is 2.45. The Balaban J connectivity index is 1.70. The van der Waals surface area contributed by atoms with Crippen molar-refractivity contribution < 1.29 is 13.9 Å². The summed E-state index contributed by atoms with van der Waals surface area (Å²) in [6, 6.07) is 12.0. The molecule has 0 radical (unpaired) electrons. The van der Waals surface area contributed by atoms with E-state index in [1.54, 1.807) is 0 Å². The molecule has 0 amide bonds. The van der Waals surface area contributed by atoms with Gasteiger partial charge in [-0.25, -0.2) is 4.39 Å². The van der Waals surface area contributed by atoms with Crippen LogP contribution in [0.5, 0.6) is 11.5 Å². The molecular formula is C16H15BrFNO2. The minimum atomic E-state index is -0.280. The van der Waals surface area contributed by atoms with E-state index in [-0.39, 0.29) is 18.0 Å². The second kappa shape index (κ2) is 6.03. The molecule has 1 aliphatic rings. The molecule has 2 aromatic rings. The van der Waals surface area contributed by atoms with Crippen molar-refractivity contribution in [1.82, 2.24) is 0 Å². The van der Waals surface area contributed by atoms with Gasteiger partial charge in [0, 0.05) is 10.5 Å². The Morgan fingerprint density at radius 2 is 2.00 bits per heavy atom. The molecule has 21 heavy (non-hydrogen) atoms. The van der Waals surface area contributed by atoms with Gasteiger partial charge in [-0.2, -0.15) is 0 Å². The third-order valence-electron chi connectivity index (χ3n) is 3.40. The van der Waals surface area contributed by atoms with Gasteiger partial charge < -0.3 is 15.2 Å². The molecular weight excluding hydrogens is 337 g/mol. The van der Waals surface area contributed by atoms with Crippen LogP contribution >= 0.6 is 15.9 Å². The van der Waals surface area contributed by atoms with E-state index >= 15 is 0 Å². The first-order valence-electron chi connectivity index (χ1n) is 6.71. The molecule has 0 fully saturated rings. The van der Waals surface area contributed by atoms with Crippen molar-refractivity contribution in [2.75, 3.05) is 6.61 Å². The summed E-state index contributed by atoms with van der Waals surface area (Å²) in [6.45, 7) is 0.397. The average molecular weight is 352 g/mol. The normalized spacial score (nSPS) is 18.3. The van der Waals surface area contributed by atoms with Gasteiger partial charge in [0.15, 0.2) is 11.5 Å². The van der Waals surface area contributed by atoms with Gasteiger partial charge in [-0.15, -0.1) is 0 Å². The fraction of sp³-hybridized carbons (Fsp3) is 0.250. The van der Waals surface area contributed by atoms with E-state index in [1.807, 2.05) is 30.3 Å². The highest BCUT2D eigenvalue weighted by Crippen LogP contribution is 2.31. The van der Waals surface area contributed by atoms with Crippen molar-refractivity contribution in [3.8, 4) is 11.5 Å². The maximum atomic E-state index is 13.4. The van der Waals surface area contributed by atoms with Gasteiger partial charge >= 0.3 is 0 Å². The van der Waals surface area contributed by atoms with E-state index < -0.39 is 0 Å². The minimum absolute atomic E-state index is 0.248. The molecule has 3 nitrogen and oxygen atoms in total. The maximum absolute atomic E-state index is 13.4. The van der Waals surface area contributed by atoms with Crippen molar-refractivity contribution in [2.24, 2.45) is 5.73 Å². The fourth-order valence-corrected chi connectivity index (χ4v) is 2.89. The number of nitrogens with two attached hydrogens (primary N) is 1. The Morgan fingerprint density at radius 3 is 2.76 bits per heavy atom. The van der Waals surface area contributed by atoms with Crippen LogP contribution in [-0.2, 0) is 6.42 Å². The third-order valence-corrected chi connectivity index (χ3v) is 3.86. The monoisotopic (exact) mass is 351 g/mol. The summed E-state index contributed by atoms with van der Waals surface area (Å²) >= 11 is 3.28. The lowest BCUT2D eigenvalue weighted by molar-refractivity contribution is 0.0722. The van der Waals surface area contributed by atoms with Gasteiger partial charge in [0.25, 0.3) is 0 Å².